The number of sulfonamides is 1. The van der Waals surface area contributed by atoms with Gasteiger partial charge in [0.2, 0.25) is 0 Å². The van der Waals surface area contributed by atoms with E-state index in [2.05, 4.69) is 20.7 Å². The topological polar surface area (TPSA) is 64.6 Å². The lowest BCUT2D eigenvalue weighted by Crippen LogP contribution is -2.14. The summed E-state index contributed by atoms with van der Waals surface area (Å²) in [7, 11) is -0.891. The third-order valence-electron chi connectivity index (χ3n) is 3.02. The van der Waals surface area contributed by atoms with Gasteiger partial charge in [-0.2, -0.15) is 0 Å². The van der Waals surface area contributed by atoms with E-state index in [1.165, 1.54) is 20.3 Å². The Morgan fingerprint density at radius 1 is 1.00 bits per heavy atom. The predicted octanol–water partition coefficient (Wildman–Crippen LogP) is 3.58. The predicted molar refractivity (Wildman–Crippen MR) is 89.2 cm³/mol. The standard InChI is InChI=1S/C15H16BrNO4S/c1-10-4-6-12(14(8-10)21-3)17-22(18,19)15-9-11(16)5-7-13(15)20-2/h4-9,17H,1-3H3. The zero-order valence-corrected chi connectivity index (χ0v) is 14.8. The number of benzene rings is 2. The normalized spacial score (nSPS) is 11.1. The Morgan fingerprint density at radius 3 is 2.32 bits per heavy atom. The van der Waals surface area contributed by atoms with E-state index in [1.54, 1.807) is 30.3 Å². The first-order chi connectivity index (χ1) is 10.4. The van der Waals surface area contributed by atoms with E-state index in [4.69, 9.17) is 9.47 Å². The Labute approximate surface area is 138 Å². The highest BCUT2D eigenvalue weighted by Gasteiger charge is 2.21. The average molecular weight is 386 g/mol. The van der Waals surface area contributed by atoms with Crippen LogP contribution in [0.3, 0.4) is 0 Å². The SMILES string of the molecule is COc1cc(C)ccc1NS(=O)(=O)c1cc(Br)ccc1OC. The van der Waals surface area contributed by atoms with Crippen molar-refractivity contribution < 1.29 is 17.9 Å². The van der Waals surface area contributed by atoms with Crippen molar-refractivity contribution in [3.05, 3.63) is 46.4 Å². The molecule has 2 aromatic carbocycles. The number of hydrogen-bond donors (Lipinski definition) is 1. The number of anilines is 1. The summed E-state index contributed by atoms with van der Waals surface area (Å²) in [6.07, 6.45) is 0. The number of nitrogens with one attached hydrogen (secondary N) is 1. The van der Waals surface area contributed by atoms with Crippen LogP contribution in [0.25, 0.3) is 0 Å². The summed E-state index contributed by atoms with van der Waals surface area (Å²) in [4.78, 5) is 0.0482. The van der Waals surface area contributed by atoms with Gasteiger partial charge in [0, 0.05) is 4.47 Å². The van der Waals surface area contributed by atoms with E-state index < -0.39 is 10.0 Å². The summed E-state index contributed by atoms with van der Waals surface area (Å²) in [5.41, 5.74) is 1.34. The number of ether oxygens (including phenoxy) is 2. The second kappa shape index (κ2) is 6.58. The van der Waals surface area contributed by atoms with Crippen LogP contribution in [-0.2, 0) is 10.0 Å². The molecule has 0 radical (unpaired) electrons. The number of methoxy groups -OCH3 is 2. The molecule has 0 bridgehead atoms. The van der Waals surface area contributed by atoms with Crippen molar-refractivity contribution in [2.24, 2.45) is 0 Å². The summed E-state index contributed by atoms with van der Waals surface area (Å²) in [5.74, 6) is 0.722. The molecule has 0 heterocycles. The average Bonchev–Trinajstić information content (AvgIpc) is 2.48. The Morgan fingerprint density at radius 2 is 1.68 bits per heavy atom. The fourth-order valence-electron chi connectivity index (χ4n) is 1.94. The first-order valence-corrected chi connectivity index (χ1v) is 8.66. The van der Waals surface area contributed by atoms with E-state index in [1.807, 2.05) is 6.92 Å². The molecule has 7 heteroatoms. The molecule has 0 saturated heterocycles. The van der Waals surface area contributed by atoms with E-state index >= 15 is 0 Å². The van der Waals surface area contributed by atoms with Gasteiger partial charge in [-0.3, -0.25) is 4.72 Å². The largest absolute Gasteiger partial charge is 0.495 e. The maximum absolute atomic E-state index is 12.6. The van der Waals surface area contributed by atoms with Crippen molar-refractivity contribution in [2.45, 2.75) is 11.8 Å². The van der Waals surface area contributed by atoms with E-state index in [-0.39, 0.29) is 10.6 Å². The van der Waals surface area contributed by atoms with Crippen molar-refractivity contribution in [3.63, 3.8) is 0 Å². The molecule has 0 unspecified atom stereocenters. The fourth-order valence-corrected chi connectivity index (χ4v) is 3.72. The zero-order chi connectivity index (χ0) is 16.3. The molecular formula is C15H16BrNO4S. The molecule has 5 nitrogen and oxygen atoms in total. The zero-order valence-electron chi connectivity index (χ0n) is 12.4. The first-order valence-electron chi connectivity index (χ1n) is 6.38. The minimum absolute atomic E-state index is 0.0482. The van der Waals surface area contributed by atoms with Crippen LogP contribution in [0.2, 0.25) is 0 Å². The molecule has 0 spiro atoms. The lowest BCUT2D eigenvalue weighted by Gasteiger charge is -2.14. The van der Waals surface area contributed by atoms with Crippen molar-refractivity contribution in [2.75, 3.05) is 18.9 Å². The van der Waals surface area contributed by atoms with Crippen molar-refractivity contribution in [3.8, 4) is 11.5 Å². The molecular weight excluding hydrogens is 370 g/mol. The van der Waals surface area contributed by atoms with E-state index in [0.717, 1.165) is 5.56 Å². The van der Waals surface area contributed by atoms with Crippen LogP contribution >= 0.6 is 15.9 Å². The summed E-state index contributed by atoms with van der Waals surface area (Å²) in [6.45, 7) is 1.90. The maximum Gasteiger partial charge on any atom is 0.265 e. The van der Waals surface area contributed by atoms with Crippen LogP contribution in [0.1, 0.15) is 5.56 Å². The van der Waals surface area contributed by atoms with Crippen LogP contribution in [0, 0.1) is 6.92 Å². The van der Waals surface area contributed by atoms with Crippen molar-refractivity contribution in [1.82, 2.24) is 0 Å². The lowest BCUT2D eigenvalue weighted by molar-refractivity contribution is 0.402. The van der Waals surface area contributed by atoms with Crippen LogP contribution in [0.15, 0.2) is 45.8 Å². The first kappa shape index (κ1) is 16.6. The highest BCUT2D eigenvalue weighted by Crippen LogP contribution is 2.32. The number of aryl methyl sites for hydroxylation is 1. The molecule has 0 saturated carbocycles. The summed E-state index contributed by atoms with van der Waals surface area (Å²) in [5, 5.41) is 0. The van der Waals surface area contributed by atoms with Crippen LogP contribution in [0.4, 0.5) is 5.69 Å². The fraction of sp³-hybridized carbons (Fsp3) is 0.200. The third-order valence-corrected chi connectivity index (χ3v) is 4.90. The molecule has 0 aliphatic heterocycles. The van der Waals surface area contributed by atoms with Gasteiger partial charge >= 0.3 is 0 Å². The quantitative estimate of drug-likeness (QED) is 0.853. The van der Waals surface area contributed by atoms with Gasteiger partial charge < -0.3 is 9.47 Å². The van der Waals surface area contributed by atoms with Gasteiger partial charge in [0.25, 0.3) is 10.0 Å². The Kier molecular flexibility index (Phi) is 4.97. The molecule has 2 rings (SSSR count). The monoisotopic (exact) mass is 385 g/mol. The molecule has 0 fully saturated rings. The van der Waals surface area contributed by atoms with Gasteiger partial charge in [-0.15, -0.1) is 0 Å². The Bertz CT molecular complexity index is 790. The van der Waals surface area contributed by atoms with E-state index in [0.29, 0.717) is 15.9 Å². The number of halogens is 1. The molecule has 1 N–H and O–H groups in total. The lowest BCUT2D eigenvalue weighted by atomic mass is 10.2. The van der Waals surface area contributed by atoms with Gasteiger partial charge in [-0.1, -0.05) is 22.0 Å². The molecule has 0 aromatic heterocycles. The molecule has 118 valence electrons. The molecule has 22 heavy (non-hydrogen) atoms. The summed E-state index contributed by atoms with van der Waals surface area (Å²) in [6, 6.07) is 10.0. The second-order valence-electron chi connectivity index (χ2n) is 4.60. The summed E-state index contributed by atoms with van der Waals surface area (Å²) < 4.78 is 38.8. The molecule has 0 aliphatic rings. The van der Waals surface area contributed by atoms with Crippen molar-refractivity contribution in [1.29, 1.82) is 0 Å². The minimum atomic E-state index is -3.81. The Hall–Kier alpha value is -1.73. The minimum Gasteiger partial charge on any atom is -0.495 e. The van der Waals surface area contributed by atoms with Gasteiger partial charge in [0.05, 0.1) is 19.9 Å². The maximum atomic E-state index is 12.6. The second-order valence-corrected chi connectivity index (χ2v) is 7.17. The highest BCUT2D eigenvalue weighted by atomic mass is 79.9. The van der Waals surface area contributed by atoms with Gasteiger partial charge in [-0.25, -0.2) is 8.42 Å². The van der Waals surface area contributed by atoms with Gasteiger partial charge in [-0.05, 0) is 42.8 Å². The Balaban J connectivity index is 2.47. The van der Waals surface area contributed by atoms with Crippen LogP contribution in [-0.4, -0.2) is 22.6 Å². The van der Waals surface area contributed by atoms with Crippen LogP contribution in [0.5, 0.6) is 11.5 Å². The smallest absolute Gasteiger partial charge is 0.265 e. The van der Waals surface area contributed by atoms with E-state index in [9.17, 15) is 8.42 Å². The van der Waals surface area contributed by atoms with Crippen molar-refractivity contribution >= 4 is 31.6 Å². The number of rotatable bonds is 5. The molecule has 0 aliphatic carbocycles. The summed E-state index contributed by atoms with van der Waals surface area (Å²) >= 11 is 3.27. The molecule has 2 aromatic rings. The third kappa shape index (κ3) is 3.53. The number of hydrogen-bond acceptors (Lipinski definition) is 4. The molecule has 0 amide bonds. The van der Waals surface area contributed by atoms with Crippen LogP contribution < -0.4 is 14.2 Å². The van der Waals surface area contributed by atoms with Gasteiger partial charge in [0.1, 0.15) is 16.4 Å². The highest BCUT2D eigenvalue weighted by molar-refractivity contribution is 9.10. The van der Waals surface area contributed by atoms with Gasteiger partial charge in [0.15, 0.2) is 0 Å². The molecule has 0 atom stereocenters.